The van der Waals surface area contributed by atoms with Gasteiger partial charge in [-0.3, -0.25) is 5.10 Å². The van der Waals surface area contributed by atoms with Crippen molar-refractivity contribution < 1.29 is 0 Å². The third kappa shape index (κ3) is 3.42. The summed E-state index contributed by atoms with van der Waals surface area (Å²) in [7, 11) is 0. The molecule has 1 N–H and O–H groups in total. The van der Waals surface area contributed by atoms with Crippen molar-refractivity contribution in [1.29, 1.82) is 0 Å². The lowest BCUT2D eigenvalue weighted by Crippen LogP contribution is -2.10. The summed E-state index contributed by atoms with van der Waals surface area (Å²) in [6, 6.07) is 5.31. The molecular weight excluding hydrogens is 339 g/mol. The van der Waals surface area contributed by atoms with E-state index < -0.39 is 0 Å². The SMILES string of the molecule is S=c1[nH]nc(C2CCCCC2)n1/N=C/c1ccc(Cl)cc1Cl. The van der Waals surface area contributed by atoms with Gasteiger partial charge in [-0.1, -0.05) is 48.5 Å². The Morgan fingerprint density at radius 3 is 2.77 bits per heavy atom. The lowest BCUT2D eigenvalue weighted by molar-refractivity contribution is 0.419. The van der Waals surface area contributed by atoms with Gasteiger partial charge < -0.3 is 0 Å². The van der Waals surface area contributed by atoms with Gasteiger partial charge in [0.25, 0.3) is 0 Å². The summed E-state index contributed by atoms with van der Waals surface area (Å²) in [5.41, 5.74) is 0.795. The molecule has 0 radical (unpaired) electrons. The largest absolute Gasteiger partial charge is 0.250 e. The molecule has 22 heavy (non-hydrogen) atoms. The second-order valence-electron chi connectivity index (χ2n) is 5.44. The molecule has 116 valence electrons. The van der Waals surface area contributed by atoms with Gasteiger partial charge in [0.2, 0.25) is 4.77 Å². The normalized spacial score (nSPS) is 16.5. The van der Waals surface area contributed by atoms with Crippen LogP contribution in [0.5, 0.6) is 0 Å². The third-order valence-electron chi connectivity index (χ3n) is 3.92. The van der Waals surface area contributed by atoms with E-state index >= 15 is 0 Å². The molecule has 0 unspecified atom stereocenters. The highest BCUT2D eigenvalue weighted by molar-refractivity contribution is 7.71. The van der Waals surface area contributed by atoms with Crippen molar-refractivity contribution in [3.05, 3.63) is 44.4 Å². The van der Waals surface area contributed by atoms with Crippen molar-refractivity contribution in [2.24, 2.45) is 5.10 Å². The third-order valence-corrected chi connectivity index (χ3v) is 4.75. The fraction of sp³-hybridized carbons (Fsp3) is 0.400. The van der Waals surface area contributed by atoms with Crippen LogP contribution in [0.15, 0.2) is 23.3 Å². The standard InChI is InChI=1S/C15H16Cl2N4S/c16-12-7-6-11(13(17)8-12)9-18-21-14(19-20-15(21)22)10-4-2-1-3-5-10/h6-10H,1-5H2,(H,20,22)/b18-9+. The van der Waals surface area contributed by atoms with Crippen molar-refractivity contribution in [2.45, 2.75) is 38.0 Å². The molecular formula is C15H16Cl2N4S. The van der Waals surface area contributed by atoms with Gasteiger partial charge in [0.15, 0.2) is 5.82 Å². The van der Waals surface area contributed by atoms with E-state index in [0.29, 0.717) is 20.7 Å². The molecule has 1 aliphatic rings. The van der Waals surface area contributed by atoms with Gasteiger partial charge in [0.05, 0.1) is 11.2 Å². The Hall–Kier alpha value is -1.17. The van der Waals surface area contributed by atoms with Gasteiger partial charge in [-0.15, -0.1) is 0 Å². The molecule has 1 aromatic heterocycles. The van der Waals surface area contributed by atoms with Crippen LogP contribution in [0, 0.1) is 4.77 Å². The molecule has 2 aromatic rings. The van der Waals surface area contributed by atoms with Crippen molar-refractivity contribution in [3.63, 3.8) is 0 Å². The zero-order valence-electron chi connectivity index (χ0n) is 11.9. The zero-order chi connectivity index (χ0) is 15.5. The number of hydrogen-bond donors (Lipinski definition) is 1. The molecule has 0 amide bonds. The van der Waals surface area contributed by atoms with Gasteiger partial charge >= 0.3 is 0 Å². The Kier molecular flexibility index (Phi) is 4.96. The molecule has 4 nitrogen and oxygen atoms in total. The Bertz CT molecular complexity index is 744. The second kappa shape index (κ2) is 6.94. The molecule has 1 heterocycles. The van der Waals surface area contributed by atoms with E-state index in [1.165, 1.54) is 19.3 Å². The topological polar surface area (TPSA) is 46.0 Å². The van der Waals surface area contributed by atoms with Crippen LogP contribution in [0.4, 0.5) is 0 Å². The van der Waals surface area contributed by atoms with E-state index in [2.05, 4.69) is 15.3 Å². The quantitative estimate of drug-likeness (QED) is 0.609. The van der Waals surface area contributed by atoms with Crippen LogP contribution in [0.2, 0.25) is 10.0 Å². The predicted molar refractivity (Wildman–Crippen MR) is 92.7 cm³/mol. The number of halogens is 2. The molecule has 1 aromatic carbocycles. The maximum absolute atomic E-state index is 6.16. The molecule has 0 bridgehead atoms. The molecule has 1 fully saturated rings. The molecule has 7 heteroatoms. The lowest BCUT2D eigenvalue weighted by Gasteiger charge is -2.19. The zero-order valence-corrected chi connectivity index (χ0v) is 14.3. The molecule has 0 saturated heterocycles. The number of hydrogen-bond acceptors (Lipinski definition) is 3. The number of nitrogens with zero attached hydrogens (tertiary/aromatic N) is 3. The average molecular weight is 355 g/mol. The predicted octanol–water partition coefficient (Wildman–Crippen LogP) is 5.18. The number of aromatic nitrogens is 3. The maximum atomic E-state index is 6.16. The summed E-state index contributed by atoms with van der Waals surface area (Å²) in [4.78, 5) is 0. The van der Waals surface area contributed by atoms with Gasteiger partial charge in [-0.2, -0.15) is 14.9 Å². The van der Waals surface area contributed by atoms with Crippen LogP contribution >= 0.6 is 35.4 Å². The highest BCUT2D eigenvalue weighted by atomic mass is 35.5. The van der Waals surface area contributed by atoms with Crippen LogP contribution in [-0.4, -0.2) is 21.1 Å². The van der Waals surface area contributed by atoms with Crippen molar-refractivity contribution in [2.75, 3.05) is 0 Å². The minimum atomic E-state index is 0.416. The van der Waals surface area contributed by atoms with Crippen molar-refractivity contribution in [3.8, 4) is 0 Å². The van der Waals surface area contributed by atoms with E-state index in [-0.39, 0.29) is 0 Å². The van der Waals surface area contributed by atoms with Crippen LogP contribution in [-0.2, 0) is 0 Å². The summed E-state index contributed by atoms with van der Waals surface area (Å²) in [6.45, 7) is 0. The van der Waals surface area contributed by atoms with Gasteiger partial charge in [-0.05, 0) is 37.2 Å². The second-order valence-corrected chi connectivity index (χ2v) is 6.67. The molecule has 1 aliphatic carbocycles. The summed E-state index contributed by atoms with van der Waals surface area (Å²) >= 11 is 17.4. The first-order valence-electron chi connectivity index (χ1n) is 7.32. The highest BCUT2D eigenvalue weighted by Crippen LogP contribution is 2.31. The minimum Gasteiger partial charge on any atom is -0.250 e. The van der Waals surface area contributed by atoms with E-state index in [1.807, 2.05) is 6.07 Å². The number of rotatable bonds is 3. The average Bonchev–Trinajstić information content (AvgIpc) is 2.88. The van der Waals surface area contributed by atoms with Crippen LogP contribution in [0.1, 0.15) is 49.4 Å². The number of benzene rings is 1. The van der Waals surface area contributed by atoms with Gasteiger partial charge in [-0.25, -0.2) is 0 Å². The first kappa shape index (κ1) is 15.7. The van der Waals surface area contributed by atoms with Gasteiger partial charge in [0, 0.05) is 16.5 Å². The van der Waals surface area contributed by atoms with Crippen molar-refractivity contribution in [1.82, 2.24) is 14.9 Å². The molecule has 0 spiro atoms. The summed E-state index contributed by atoms with van der Waals surface area (Å²) < 4.78 is 2.21. The van der Waals surface area contributed by atoms with Crippen molar-refractivity contribution >= 4 is 41.6 Å². The Morgan fingerprint density at radius 2 is 2.05 bits per heavy atom. The Balaban J connectivity index is 1.90. The number of nitrogens with one attached hydrogen (secondary N) is 1. The van der Waals surface area contributed by atoms with E-state index in [0.717, 1.165) is 24.2 Å². The molecule has 0 atom stereocenters. The summed E-state index contributed by atoms with van der Waals surface area (Å²) in [5.74, 6) is 1.32. The Labute approximate surface area is 144 Å². The molecule has 0 aliphatic heterocycles. The minimum absolute atomic E-state index is 0.416. The number of H-pyrrole nitrogens is 1. The van der Waals surface area contributed by atoms with Crippen LogP contribution in [0.25, 0.3) is 0 Å². The summed E-state index contributed by atoms with van der Waals surface area (Å²) in [6.07, 6.45) is 7.73. The highest BCUT2D eigenvalue weighted by Gasteiger charge is 2.21. The Morgan fingerprint density at radius 1 is 1.27 bits per heavy atom. The number of aromatic amines is 1. The van der Waals surface area contributed by atoms with E-state index in [1.54, 1.807) is 23.0 Å². The van der Waals surface area contributed by atoms with E-state index in [9.17, 15) is 0 Å². The maximum Gasteiger partial charge on any atom is 0.216 e. The fourth-order valence-electron chi connectivity index (χ4n) is 2.77. The lowest BCUT2D eigenvalue weighted by atomic mass is 9.89. The smallest absolute Gasteiger partial charge is 0.216 e. The molecule has 3 rings (SSSR count). The van der Waals surface area contributed by atoms with Crippen LogP contribution in [0.3, 0.4) is 0 Å². The van der Waals surface area contributed by atoms with Gasteiger partial charge in [0.1, 0.15) is 0 Å². The summed E-state index contributed by atoms with van der Waals surface area (Å²) in [5, 5.41) is 12.8. The fourth-order valence-corrected chi connectivity index (χ4v) is 3.41. The first-order chi connectivity index (χ1) is 10.6. The monoisotopic (exact) mass is 354 g/mol. The molecule has 1 saturated carbocycles. The van der Waals surface area contributed by atoms with E-state index in [4.69, 9.17) is 35.4 Å². The van der Waals surface area contributed by atoms with Crippen LogP contribution < -0.4 is 0 Å². The first-order valence-corrected chi connectivity index (χ1v) is 8.48.